The van der Waals surface area contributed by atoms with Gasteiger partial charge in [0.15, 0.2) is 0 Å². The minimum Gasteiger partial charge on any atom is -0.384 e. The molecule has 8 aliphatic rings. The number of nitrogens with two attached hydrogens (primary N) is 1. The van der Waals surface area contributed by atoms with Crippen LogP contribution in [0.4, 0.5) is 4.39 Å². The minimum atomic E-state index is -1.10. The van der Waals surface area contributed by atoms with Crippen molar-refractivity contribution in [1.29, 1.82) is 0 Å². The number of carbonyl (C=O) groups excluding carboxylic acids is 1. The Morgan fingerprint density at radius 2 is 0.858 bits per heavy atom. The molecule has 4 saturated heterocycles. The first kappa shape index (κ1) is 69.6. The van der Waals surface area contributed by atoms with Gasteiger partial charge in [-0.3, -0.25) is 44.3 Å². The van der Waals surface area contributed by atoms with E-state index in [1.807, 2.05) is 49.4 Å². The van der Waals surface area contributed by atoms with Crippen molar-refractivity contribution in [2.75, 3.05) is 52.4 Å². The summed E-state index contributed by atoms with van der Waals surface area (Å²) < 4.78 is 22.9. The molecule has 3 N–H and O–H groups in total. The van der Waals surface area contributed by atoms with Gasteiger partial charge in [-0.05, 0) is 241 Å². The number of pyridine rings is 6. The summed E-state index contributed by atoms with van der Waals surface area (Å²) in [6.07, 6.45) is 36.1. The fourth-order valence-corrected chi connectivity index (χ4v) is 19.4. The number of nitrogens with zero attached hydrogens (tertiary/aromatic N) is 16. The Labute approximate surface area is 619 Å². The van der Waals surface area contributed by atoms with E-state index in [0.29, 0.717) is 36.4 Å². The van der Waals surface area contributed by atoms with Gasteiger partial charge in [0.05, 0.1) is 12.2 Å². The van der Waals surface area contributed by atoms with Gasteiger partial charge in [0, 0.05) is 208 Å². The Kier molecular flexibility index (Phi) is 19.3. The standard InChI is InChI=1S/C23H26FN3O.C22H25N5O.C21H24N4.C20H23N5/c1-15-12-18-21-19-4-3-10-26(19)11-9-20(21)27(22(18)25-13-15)14-23(2,28)16-5-7-17(24)8-6-16;1-14-11-16-20-18-3-2-8-26(18)9-7-19(20)27(22(16)25-12-14)10-6-15-4-5-17(21(23)28)24-13-15;1-15-13-17-20-18-3-2-10-24(18)11-7-19(20)25(21(17)23-14-15)12-6-16-4-8-22-9-5-16;1-14-11-16-19-17-3-2-8-24(17)9-5-18(19)25(20(16)23-12-14)10-4-15-13-21-6-7-22-15/h5-8,12-13,19,28H,3-4,9-11,14H2,1-2H3;4-5,11-13,18H,2-3,6-10H2,1H3,(H2,23,28);4-5,8-9,13-14,18H,2-3,6-7,10-12H2,1H3;6-7,11-13,17H,2-5,8-10H2,1H3. The number of halogens is 1. The second-order valence-electron chi connectivity index (χ2n) is 31.3. The smallest absolute Gasteiger partial charge is 0.267 e. The van der Waals surface area contributed by atoms with Gasteiger partial charge in [-0.25, -0.2) is 24.3 Å². The van der Waals surface area contributed by atoms with Gasteiger partial charge in [-0.15, -0.1) is 0 Å². The van der Waals surface area contributed by atoms with Crippen molar-refractivity contribution in [1.82, 2.24) is 77.7 Å². The maximum atomic E-state index is 13.3. The van der Waals surface area contributed by atoms with Crippen LogP contribution in [0.15, 0.2) is 135 Å². The molecule has 546 valence electrons. The third-order valence-corrected chi connectivity index (χ3v) is 24.3. The molecular weight excluding hydrogens is 1320 g/mol. The van der Waals surface area contributed by atoms with Gasteiger partial charge >= 0.3 is 0 Å². The van der Waals surface area contributed by atoms with Crippen molar-refractivity contribution in [2.45, 2.75) is 187 Å². The molecule has 19 heterocycles. The van der Waals surface area contributed by atoms with Crippen LogP contribution < -0.4 is 5.73 Å². The molecule has 1 amide bonds. The lowest BCUT2D eigenvalue weighted by Gasteiger charge is -2.32. The SMILES string of the molecule is Cc1cnc2c(c1)c1c(n2CC(C)(O)c2ccc(F)cc2)CCN2CCCC12.Cc1cnc2c(c1)c1c(n2CCc2ccc(C(N)=O)nc2)CCN2CCCC12.Cc1cnc2c(c1)c1c(n2CCc2ccncc2)CCN2CCCC12.Cc1cnc2c(c1)c1c(n2CCc2cnccn2)CCN2CCCC12. The molecule has 5 atom stereocenters. The summed E-state index contributed by atoms with van der Waals surface area (Å²) in [5.74, 6) is -0.778. The van der Waals surface area contributed by atoms with E-state index in [1.54, 1.807) is 54.8 Å². The Morgan fingerprint density at radius 1 is 0.453 bits per heavy atom. The number of hydrogen-bond acceptors (Lipinski definition) is 14. The highest BCUT2D eigenvalue weighted by Crippen LogP contribution is 2.48. The van der Waals surface area contributed by atoms with Crippen molar-refractivity contribution in [3.05, 3.63) is 236 Å². The van der Waals surface area contributed by atoms with Crippen molar-refractivity contribution < 1.29 is 14.3 Å². The van der Waals surface area contributed by atoms with E-state index in [1.165, 1.54) is 186 Å². The summed E-state index contributed by atoms with van der Waals surface area (Å²) in [6.45, 7) is 23.0. The van der Waals surface area contributed by atoms with Crippen LogP contribution in [0.25, 0.3) is 44.1 Å². The molecule has 0 bridgehead atoms. The number of aryl methyl sites for hydroxylation is 10. The number of benzene rings is 1. The molecule has 1 aromatic carbocycles. The van der Waals surface area contributed by atoms with Crippen LogP contribution in [-0.4, -0.2) is 141 Å². The third-order valence-electron chi connectivity index (χ3n) is 24.3. The first-order valence-corrected chi connectivity index (χ1v) is 38.9. The third kappa shape index (κ3) is 13.4. The summed E-state index contributed by atoms with van der Waals surface area (Å²) in [7, 11) is 0. The summed E-state index contributed by atoms with van der Waals surface area (Å²) in [4.78, 5) is 58.0. The largest absolute Gasteiger partial charge is 0.384 e. The summed E-state index contributed by atoms with van der Waals surface area (Å²) in [5.41, 5.74) is 29.8. The summed E-state index contributed by atoms with van der Waals surface area (Å²) in [5, 5.41) is 16.6. The molecule has 19 nitrogen and oxygen atoms in total. The van der Waals surface area contributed by atoms with Crippen molar-refractivity contribution >= 4 is 50.0 Å². The monoisotopic (exact) mass is 1420 g/mol. The molecule has 8 aliphatic heterocycles. The summed E-state index contributed by atoms with van der Waals surface area (Å²) >= 11 is 0. The fraction of sp³-hybridized carbons (Fsp3) is 0.430. The van der Waals surface area contributed by atoms with Crippen molar-refractivity contribution in [3.8, 4) is 0 Å². The van der Waals surface area contributed by atoms with Gasteiger partial charge in [-0.1, -0.05) is 18.2 Å². The molecule has 20 rings (SSSR count). The fourth-order valence-electron chi connectivity index (χ4n) is 19.4. The minimum absolute atomic E-state index is 0.290. The molecule has 12 aromatic rings. The number of carbonyl (C=O) groups is 1. The van der Waals surface area contributed by atoms with Gasteiger partial charge in [0.1, 0.15) is 39.7 Å². The number of aliphatic hydroxyl groups is 1. The van der Waals surface area contributed by atoms with Crippen molar-refractivity contribution in [3.63, 3.8) is 0 Å². The Hall–Kier alpha value is -9.44. The Balaban J connectivity index is 0.000000104. The highest BCUT2D eigenvalue weighted by molar-refractivity contribution is 5.91. The Morgan fingerprint density at radius 3 is 1.25 bits per heavy atom. The number of fused-ring (bicyclic) bond motifs is 20. The summed E-state index contributed by atoms with van der Waals surface area (Å²) in [6, 6.07) is 25.5. The van der Waals surface area contributed by atoms with Gasteiger partial charge in [0.2, 0.25) is 0 Å². The zero-order chi connectivity index (χ0) is 72.3. The molecule has 11 aromatic heterocycles. The lowest BCUT2D eigenvalue weighted by atomic mass is 9.94. The lowest BCUT2D eigenvalue weighted by Crippen LogP contribution is -2.33. The van der Waals surface area contributed by atoms with Gasteiger partial charge in [-0.2, -0.15) is 0 Å². The van der Waals surface area contributed by atoms with E-state index in [2.05, 4.69) is 122 Å². The van der Waals surface area contributed by atoms with Crippen LogP contribution in [0.2, 0.25) is 0 Å². The zero-order valence-corrected chi connectivity index (χ0v) is 62.1. The van der Waals surface area contributed by atoms with Gasteiger partial charge < -0.3 is 29.1 Å². The molecule has 0 aliphatic carbocycles. The van der Waals surface area contributed by atoms with Crippen LogP contribution in [0, 0.1) is 33.5 Å². The topological polar surface area (TPSA) is 199 Å². The average molecular weight is 1420 g/mol. The van der Waals surface area contributed by atoms with Gasteiger partial charge in [0.25, 0.3) is 5.91 Å². The van der Waals surface area contributed by atoms with E-state index in [4.69, 9.17) is 25.7 Å². The molecule has 106 heavy (non-hydrogen) atoms. The predicted molar refractivity (Wildman–Crippen MR) is 413 cm³/mol. The number of hydrogen-bond donors (Lipinski definition) is 2. The number of aromatic nitrogens is 12. The van der Waals surface area contributed by atoms with Crippen LogP contribution in [0.5, 0.6) is 0 Å². The van der Waals surface area contributed by atoms with Crippen molar-refractivity contribution in [2.24, 2.45) is 5.73 Å². The molecule has 4 fully saturated rings. The molecule has 0 saturated carbocycles. The first-order valence-electron chi connectivity index (χ1n) is 38.9. The lowest BCUT2D eigenvalue weighted by molar-refractivity contribution is 0.0381. The van der Waals surface area contributed by atoms with E-state index >= 15 is 0 Å². The van der Waals surface area contributed by atoms with Crippen LogP contribution in [-0.2, 0) is 76.7 Å². The first-order chi connectivity index (χ1) is 51.7. The second-order valence-corrected chi connectivity index (χ2v) is 31.3. The normalized spacial score (nSPS) is 20.1. The Bertz CT molecular complexity index is 5060. The van der Waals surface area contributed by atoms with E-state index in [0.717, 1.165) is 117 Å². The number of rotatable bonds is 13. The van der Waals surface area contributed by atoms with E-state index < -0.39 is 11.5 Å². The van der Waals surface area contributed by atoms with Crippen LogP contribution >= 0.6 is 0 Å². The molecular formula is C86H98FN17O2. The molecule has 0 spiro atoms. The average Bonchev–Trinajstić information content (AvgIpc) is 1.61. The quantitative estimate of drug-likeness (QED) is 0.110. The maximum absolute atomic E-state index is 13.3. The maximum Gasteiger partial charge on any atom is 0.267 e. The highest BCUT2D eigenvalue weighted by atomic mass is 19.1. The number of primary amides is 1. The predicted octanol–water partition coefficient (Wildman–Crippen LogP) is 13.6. The second kappa shape index (κ2) is 29.4. The molecule has 20 heteroatoms. The van der Waals surface area contributed by atoms with Crippen LogP contribution in [0.1, 0.15) is 183 Å². The molecule has 0 radical (unpaired) electrons. The number of amides is 1. The van der Waals surface area contributed by atoms with E-state index in [9.17, 15) is 14.3 Å². The molecule has 5 unspecified atom stereocenters. The van der Waals surface area contributed by atoms with E-state index in [-0.39, 0.29) is 5.82 Å². The zero-order valence-electron chi connectivity index (χ0n) is 62.1. The highest BCUT2D eigenvalue weighted by Gasteiger charge is 2.41. The van der Waals surface area contributed by atoms with Crippen LogP contribution in [0.3, 0.4) is 0 Å².